The van der Waals surface area contributed by atoms with E-state index in [4.69, 9.17) is 14.7 Å². The Morgan fingerprint density at radius 2 is 1.78 bits per heavy atom. The van der Waals surface area contributed by atoms with Gasteiger partial charge in [0.15, 0.2) is 6.29 Å². The lowest BCUT2D eigenvalue weighted by molar-refractivity contribution is -0.391. The predicted molar refractivity (Wildman–Crippen MR) is 76.6 cm³/mol. The van der Waals surface area contributed by atoms with Crippen LogP contribution in [-0.4, -0.2) is 24.3 Å². The Kier molecular flexibility index (Phi) is 6.02. The molecule has 0 radical (unpaired) electrons. The maximum Gasteiger partial charge on any atom is 0.411 e. The van der Waals surface area contributed by atoms with Crippen molar-refractivity contribution in [2.45, 2.75) is 51.4 Å². The first kappa shape index (κ1) is 18.2. The van der Waals surface area contributed by atoms with E-state index < -0.39 is 25.4 Å². The molecule has 130 valence electrons. The van der Waals surface area contributed by atoms with Crippen LogP contribution in [0.25, 0.3) is 0 Å². The predicted octanol–water partition coefficient (Wildman–Crippen LogP) is 4.63. The molecule has 0 spiro atoms. The van der Waals surface area contributed by atoms with Gasteiger partial charge in [0, 0.05) is 11.5 Å². The van der Waals surface area contributed by atoms with Crippen LogP contribution in [0, 0.1) is 5.92 Å². The third kappa shape index (κ3) is 4.23. The molecule has 0 bridgehead atoms. The minimum absolute atomic E-state index is 0.0917. The van der Waals surface area contributed by atoms with Gasteiger partial charge in [0.2, 0.25) is 6.29 Å². The Labute approximate surface area is 133 Å². The summed E-state index contributed by atoms with van der Waals surface area (Å²) in [6.07, 6.45) is -5.19. The first-order valence-electron chi connectivity index (χ1n) is 7.64. The maximum absolute atomic E-state index is 12.5. The smallest absolute Gasteiger partial charge is 0.342 e. The third-order valence-corrected chi connectivity index (χ3v) is 4.22. The third-order valence-electron chi connectivity index (χ3n) is 4.22. The molecule has 7 heteroatoms. The van der Waals surface area contributed by atoms with Gasteiger partial charge in [-0.15, -0.1) is 0 Å². The first-order chi connectivity index (χ1) is 10.9. The van der Waals surface area contributed by atoms with Crippen LogP contribution in [0.4, 0.5) is 13.2 Å². The molecule has 1 aliphatic rings. The number of fused-ring (bicyclic) bond motifs is 1. The molecule has 3 unspecified atom stereocenters. The van der Waals surface area contributed by atoms with Crippen LogP contribution in [0.3, 0.4) is 0 Å². The highest BCUT2D eigenvalue weighted by atomic mass is 19.4. The van der Waals surface area contributed by atoms with E-state index in [2.05, 4.69) is 4.89 Å². The Balaban J connectivity index is 2.36. The van der Waals surface area contributed by atoms with Gasteiger partial charge in [-0.3, -0.25) is 0 Å². The molecule has 2 rings (SSSR count). The molecule has 0 saturated heterocycles. The van der Waals surface area contributed by atoms with Crippen LogP contribution in [0.1, 0.15) is 50.0 Å². The summed E-state index contributed by atoms with van der Waals surface area (Å²) >= 11 is 0. The zero-order valence-corrected chi connectivity index (χ0v) is 13.0. The van der Waals surface area contributed by atoms with Gasteiger partial charge in [0.05, 0.1) is 0 Å². The van der Waals surface area contributed by atoms with Crippen molar-refractivity contribution >= 4 is 0 Å². The van der Waals surface area contributed by atoms with Gasteiger partial charge in [-0.25, -0.2) is 10.1 Å². The van der Waals surface area contributed by atoms with Crippen molar-refractivity contribution in [1.29, 1.82) is 0 Å². The zero-order valence-electron chi connectivity index (χ0n) is 13.0. The Morgan fingerprint density at radius 3 is 2.30 bits per heavy atom. The van der Waals surface area contributed by atoms with E-state index in [0.29, 0.717) is 5.56 Å². The van der Waals surface area contributed by atoms with Crippen LogP contribution in [0.2, 0.25) is 0 Å². The molecule has 1 aromatic rings. The standard InChI is InChI=1S/C16H21F3O4/c1-3-10(4-2)13-11-7-5-6-8-12(11)14(23-20)22-15(13)21-9-16(17,18)19/h5-8,10,13-15,20H,3-4,9H2,1-2H3. The molecule has 0 amide bonds. The minimum atomic E-state index is -4.45. The highest BCUT2D eigenvalue weighted by Crippen LogP contribution is 2.44. The Morgan fingerprint density at radius 1 is 1.17 bits per heavy atom. The fourth-order valence-electron chi connectivity index (χ4n) is 3.13. The van der Waals surface area contributed by atoms with E-state index in [1.54, 1.807) is 18.2 Å². The molecular formula is C16H21F3O4. The van der Waals surface area contributed by atoms with Crippen molar-refractivity contribution < 1.29 is 32.8 Å². The van der Waals surface area contributed by atoms with Crippen LogP contribution >= 0.6 is 0 Å². The molecule has 1 heterocycles. The second-order valence-corrected chi connectivity index (χ2v) is 5.60. The van der Waals surface area contributed by atoms with Crippen LogP contribution in [0.15, 0.2) is 24.3 Å². The van der Waals surface area contributed by atoms with Crippen LogP contribution in [-0.2, 0) is 14.4 Å². The second kappa shape index (κ2) is 7.61. The molecule has 4 nitrogen and oxygen atoms in total. The van der Waals surface area contributed by atoms with Gasteiger partial charge >= 0.3 is 6.18 Å². The lowest BCUT2D eigenvalue weighted by atomic mass is 9.78. The van der Waals surface area contributed by atoms with Gasteiger partial charge in [0.25, 0.3) is 0 Å². The summed E-state index contributed by atoms with van der Waals surface area (Å²) in [4.78, 5) is 4.29. The highest BCUT2D eigenvalue weighted by molar-refractivity contribution is 5.34. The van der Waals surface area contributed by atoms with E-state index in [9.17, 15) is 13.2 Å². The SMILES string of the molecule is CCC(CC)C1c2ccccc2C(OO)OC1OCC(F)(F)F. The summed E-state index contributed by atoms with van der Waals surface area (Å²) in [6, 6.07) is 7.10. The highest BCUT2D eigenvalue weighted by Gasteiger charge is 2.42. The first-order valence-corrected chi connectivity index (χ1v) is 7.64. The average Bonchev–Trinajstić information content (AvgIpc) is 2.53. The number of alkyl halides is 3. The lowest BCUT2D eigenvalue weighted by Crippen LogP contribution is -2.39. The van der Waals surface area contributed by atoms with Crippen LogP contribution < -0.4 is 0 Å². The van der Waals surface area contributed by atoms with E-state index in [-0.39, 0.29) is 11.8 Å². The number of rotatable bonds is 6. The van der Waals surface area contributed by atoms with Crippen molar-refractivity contribution in [3.8, 4) is 0 Å². The van der Waals surface area contributed by atoms with E-state index in [1.807, 2.05) is 19.9 Å². The monoisotopic (exact) mass is 334 g/mol. The number of hydrogen-bond donors (Lipinski definition) is 1. The van der Waals surface area contributed by atoms with Crippen molar-refractivity contribution in [3.63, 3.8) is 0 Å². The maximum atomic E-state index is 12.5. The topological polar surface area (TPSA) is 47.9 Å². The van der Waals surface area contributed by atoms with E-state index in [0.717, 1.165) is 18.4 Å². The molecule has 0 aromatic heterocycles. The summed E-state index contributed by atoms with van der Waals surface area (Å²) in [5.41, 5.74) is 1.40. The quantitative estimate of drug-likeness (QED) is 0.609. The van der Waals surface area contributed by atoms with Gasteiger partial charge in [-0.1, -0.05) is 51.0 Å². The summed E-state index contributed by atoms with van der Waals surface area (Å²) < 4.78 is 48.0. The van der Waals surface area contributed by atoms with Gasteiger partial charge < -0.3 is 9.47 Å². The lowest BCUT2D eigenvalue weighted by Gasteiger charge is -2.40. The Hall–Kier alpha value is -1.15. The molecular weight excluding hydrogens is 313 g/mol. The van der Waals surface area contributed by atoms with Gasteiger partial charge in [-0.2, -0.15) is 13.2 Å². The van der Waals surface area contributed by atoms with E-state index in [1.165, 1.54) is 0 Å². The molecule has 3 atom stereocenters. The largest absolute Gasteiger partial charge is 0.411 e. The fraction of sp³-hybridized carbons (Fsp3) is 0.625. The van der Waals surface area contributed by atoms with Gasteiger partial charge in [0.1, 0.15) is 6.61 Å². The summed E-state index contributed by atoms with van der Waals surface area (Å²) in [5, 5.41) is 9.02. The molecule has 1 N–H and O–H groups in total. The molecule has 1 aliphatic heterocycles. The van der Waals surface area contributed by atoms with E-state index >= 15 is 0 Å². The molecule has 0 saturated carbocycles. The number of halogens is 3. The number of benzene rings is 1. The number of ether oxygens (including phenoxy) is 2. The van der Waals surface area contributed by atoms with Crippen molar-refractivity contribution in [3.05, 3.63) is 35.4 Å². The molecule has 1 aromatic carbocycles. The fourth-order valence-corrected chi connectivity index (χ4v) is 3.13. The number of hydrogen-bond acceptors (Lipinski definition) is 4. The normalized spacial score (nSPS) is 24.7. The van der Waals surface area contributed by atoms with Crippen molar-refractivity contribution in [2.24, 2.45) is 5.92 Å². The van der Waals surface area contributed by atoms with Crippen molar-refractivity contribution in [1.82, 2.24) is 0 Å². The molecule has 0 fully saturated rings. The zero-order chi connectivity index (χ0) is 17.0. The van der Waals surface area contributed by atoms with Crippen molar-refractivity contribution in [2.75, 3.05) is 6.61 Å². The summed E-state index contributed by atoms with van der Waals surface area (Å²) in [7, 11) is 0. The second-order valence-electron chi connectivity index (χ2n) is 5.60. The average molecular weight is 334 g/mol. The van der Waals surface area contributed by atoms with Gasteiger partial charge in [-0.05, 0) is 11.5 Å². The minimum Gasteiger partial charge on any atom is -0.342 e. The Bertz CT molecular complexity index is 502. The summed E-state index contributed by atoms with van der Waals surface area (Å²) in [5.74, 6) is -0.260. The molecule has 23 heavy (non-hydrogen) atoms. The summed E-state index contributed by atoms with van der Waals surface area (Å²) in [6.45, 7) is 2.55. The molecule has 0 aliphatic carbocycles. The van der Waals surface area contributed by atoms with Crippen LogP contribution in [0.5, 0.6) is 0 Å².